The number of imidazole rings is 1. The molecule has 0 aliphatic carbocycles. The molecular weight excluding hydrogens is 327 g/mol. The third-order valence-electron chi connectivity index (χ3n) is 2.27. The van der Waals surface area contributed by atoms with E-state index < -0.39 is 17.6 Å². The van der Waals surface area contributed by atoms with E-state index in [1.54, 1.807) is 0 Å². The number of hydrogen-bond acceptors (Lipinski definition) is 2. The van der Waals surface area contributed by atoms with Gasteiger partial charge in [-0.15, -0.1) is 0 Å². The zero-order valence-corrected chi connectivity index (χ0v) is 10.8. The summed E-state index contributed by atoms with van der Waals surface area (Å²) in [6.07, 6.45) is -1.60. The Balaban J connectivity index is 2.31. The molecule has 8 heteroatoms. The van der Waals surface area contributed by atoms with Crippen LogP contribution in [0.25, 0.3) is 0 Å². The van der Waals surface area contributed by atoms with Crippen LogP contribution in [0.3, 0.4) is 0 Å². The van der Waals surface area contributed by atoms with Crippen molar-refractivity contribution in [3.05, 3.63) is 46.2 Å². The number of nitrogens with one attached hydrogen (secondary N) is 2. The number of aromatic amines is 1. The number of hydrogen-bond donors (Lipinski definition) is 2. The summed E-state index contributed by atoms with van der Waals surface area (Å²) in [5, 5.41) is 2.35. The minimum Gasteiger partial charge on any atom is -0.331 e. The highest BCUT2D eigenvalue weighted by atomic mass is 79.9. The molecule has 1 aromatic heterocycles. The van der Waals surface area contributed by atoms with Crippen LogP contribution in [0.4, 0.5) is 19.1 Å². The molecule has 0 unspecified atom stereocenters. The van der Waals surface area contributed by atoms with E-state index in [0.717, 1.165) is 12.1 Å². The van der Waals surface area contributed by atoms with Gasteiger partial charge in [-0.05, 0) is 34.1 Å². The normalized spacial score (nSPS) is 11.4. The molecule has 0 spiro atoms. The molecule has 100 valence electrons. The second-order valence-corrected chi connectivity index (χ2v) is 4.44. The number of benzene rings is 1. The van der Waals surface area contributed by atoms with Gasteiger partial charge in [0.15, 0.2) is 0 Å². The number of aromatic nitrogens is 2. The van der Waals surface area contributed by atoms with E-state index in [-0.39, 0.29) is 16.0 Å². The Bertz CT molecular complexity index is 596. The molecule has 2 rings (SSSR count). The minimum atomic E-state index is -4.50. The lowest BCUT2D eigenvalue weighted by atomic mass is 10.1. The first kappa shape index (κ1) is 13.6. The van der Waals surface area contributed by atoms with Gasteiger partial charge in [-0.1, -0.05) is 0 Å². The van der Waals surface area contributed by atoms with Crippen LogP contribution in [-0.4, -0.2) is 15.9 Å². The molecule has 1 aromatic carbocycles. The third kappa shape index (κ3) is 3.14. The molecule has 0 saturated heterocycles. The third-order valence-corrected chi connectivity index (χ3v) is 2.96. The molecule has 0 atom stereocenters. The predicted octanol–water partition coefficient (Wildman–Crippen LogP) is 3.44. The molecule has 0 radical (unpaired) electrons. The maximum absolute atomic E-state index is 12.6. The van der Waals surface area contributed by atoms with Gasteiger partial charge < -0.3 is 4.98 Å². The fourth-order valence-electron chi connectivity index (χ4n) is 1.38. The number of carbonyl (C=O) groups is 1. The number of alkyl halides is 3. The molecule has 4 nitrogen and oxygen atoms in total. The molecule has 19 heavy (non-hydrogen) atoms. The van der Waals surface area contributed by atoms with E-state index in [2.05, 4.69) is 31.2 Å². The van der Waals surface area contributed by atoms with Crippen LogP contribution < -0.4 is 5.32 Å². The SMILES string of the molecule is O=C(Nc1ncc[nH]1)c1cc(C(F)(F)F)ccc1Br. The highest BCUT2D eigenvalue weighted by Crippen LogP contribution is 2.32. The zero-order chi connectivity index (χ0) is 14.0. The van der Waals surface area contributed by atoms with Gasteiger partial charge in [-0.2, -0.15) is 13.2 Å². The monoisotopic (exact) mass is 333 g/mol. The largest absolute Gasteiger partial charge is 0.416 e. The van der Waals surface area contributed by atoms with Crippen LogP contribution in [0.1, 0.15) is 15.9 Å². The number of carbonyl (C=O) groups excluding carboxylic acids is 1. The first-order valence-electron chi connectivity index (χ1n) is 5.05. The van der Waals surface area contributed by atoms with Crippen molar-refractivity contribution in [3.8, 4) is 0 Å². The molecule has 2 N–H and O–H groups in total. The summed E-state index contributed by atoms with van der Waals surface area (Å²) in [5.41, 5.74) is -1.01. The van der Waals surface area contributed by atoms with E-state index in [4.69, 9.17) is 0 Å². The van der Waals surface area contributed by atoms with Crippen molar-refractivity contribution in [2.75, 3.05) is 5.32 Å². The van der Waals surface area contributed by atoms with Gasteiger partial charge in [-0.3, -0.25) is 10.1 Å². The van der Waals surface area contributed by atoms with E-state index in [1.165, 1.54) is 18.5 Å². The van der Waals surface area contributed by atoms with Crippen LogP contribution in [-0.2, 0) is 6.18 Å². The standard InChI is InChI=1S/C11H7BrF3N3O/c12-8-2-1-6(11(13,14)15)5-7(8)9(19)18-10-16-3-4-17-10/h1-5H,(H2,16,17,18,19). The first-order valence-corrected chi connectivity index (χ1v) is 5.84. The molecule has 0 bridgehead atoms. The lowest BCUT2D eigenvalue weighted by Crippen LogP contribution is -2.15. The van der Waals surface area contributed by atoms with Gasteiger partial charge in [0.25, 0.3) is 5.91 Å². The lowest BCUT2D eigenvalue weighted by Gasteiger charge is -2.10. The predicted molar refractivity (Wildman–Crippen MR) is 65.7 cm³/mol. The topological polar surface area (TPSA) is 57.8 Å². The fraction of sp³-hybridized carbons (Fsp3) is 0.0909. The number of rotatable bonds is 2. The Hall–Kier alpha value is -1.83. The number of amides is 1. The average molecular weight is 334 g/mol. The Morgan fingerprint density at radius 1 is 1.37 bits per heavy atom. The summed E-state index contributed by atoms with van der Waals surface area (Å²) < 4.78 is 38.0. The van der Waals surface area contributed by atoms with Crippen molar-refractivity contribution >= 4 is 27.8 Å². The number of halogens is 4. The Morgan fingerprint density at radius 2 is 2.11 bits per heavy atom. The first-order chi connectivity index (χ1) is 8.88. The maximum Gasteiger partial charge on any atom is 0.416 e. The molecule has 1 amide bonds. The molecule has 0 aliphatic rings. The zero-order valence-electron chi connectivity index (χ0n) is 9.25. The fourth-order valence-corrected chi connectivity index (χ4v) is 1.81. The van der Waals surface area contributed by atoms with Crippen LogP contribution in [0.15, 0.2) is 35.1 Å². The van der Waals surface area contributed by atoms with Crippen molar-refractivity contribution in [1.29, 1.82) is 0 Å². The summed E-state index contributed by atoms with van der Waals surface area (Å²) >= 11 is 3.04. The van der Waals surface area contributed by atoms with E-state index >= 15 is 0 Å². The second kappa shape index (κ2) is 5.04. The molecule has 0 saturated carbocycles. The van der Waals surface area contributed by atoms with Gasteiger partial charge in [0.1, 0.15) is 0 Å². The summed E-state index contributed by atoms with van der Waals surface area (Å²) in [5.74, 6) is -0.526. The molecule has 0 fully saturated rings. The number of nitrogens with zero attached hydrogens (tertiary/aromatic N) is 1. The van der Waals surface area contributed by atoms with Gasteiger partial charge in [-0.25, -0.2) is 4.98 Å². The average Bonchev–Trinajstić information content (AvgIpc) is 2.80. The van der Waals surface area contributed by atoms with Gasteiger partial charge in [0, 0.05) is 16.9 Å². The summed E-state index contributed by atoms with van der Waals surface area (Å²) in [4.78, 5) is 18.2. The van der Waals surface area contributed by atoms with Gasteiger partial charge >= 0.3 is 6.18 Å². The van der Waals surface area contributed by atoms with Crippen molar-refractivity contribution in [2.24, 2.45) is 0 Å². The highest BCUT2D eigenvalue weighted by molar-refractivity contribution is 9.10. The quantitative estimate of drug-likeness (QED) is 0.884. The van der Waals surface area contributed by atoms with Crippen molar-refractivity contribution in [2.45, 2.75) is 6.18 Å². The second-order valence-electron chi connectivity index (χ2n) is 3.58. The van der Waals surface area contributed by atoms with Crippen molar-refractivity contribution < 1.29 is 18.0 Å². The highest BCUT2D eigenvalue weighted by Gasteiger charge is 2.31. The summed E-state index contributed by atoms with van der Waals surface area (Å²) in [7, 11) is 0. The van der Waals surface area contributed by atoms with Crippen LogP contribution in [0, 0.1) is 0 Å². The van der Waals surface area contributed by atoms with E-state index in [9.17, 15) is 18.0 Å². The van der Waals surface area contributed by atoms with Crippen LogP contribution in [0.5, 0.6) is 0 Å². The van der Waals surface area contributed by atoms with Gasteiger partial charge in [0.2, 0.25) is 5.95 Å². The summed E-state index contributed by atoms with van der Waals surface area (Å²) in [6.45, 7) is 0. The number of H-pyrrole nitrogens is 1. The molecule has 2 aromatic rings. The lowest BCUT2D eigenvalue weighted by molar-refractivity contribution is -0.137. The molecular formula is C11H7BrF3N3O. The van der Waals surface area contributed by atoms with E-state index in [1.807, 2.05) is 0 Å². The number of anilines is 1. The van der Waals surface area contributed by atoms with Crippen molar-refractivity contribution in [1.82, 2.24) is 9.97 Å². The maximum atomic E-state index is 12.6. The Kier molecular flexibility index (Phi) is 3.61. The molecule has 0 aliphatic heterocycles. The van der Waals surface area contributed by atoms with E-state index in [0.29, 0.717) is 0 Å². The van der Waals surface area contributed by atoms with Gasteiger partial charge in [0.05, 0.1) is 11.1 Å². The minimum absolute atomic E-state index is 0.119. The smallest absolute Gasteiger partial charge is 0.331 e. The Labute approximate surface area is 114 Å². The van der Waals surface area contributed by atoms with Crippen LogP contribution >= 0.6 is 15.9 Å². The van der Waals surface area contributed by atoms with Crippen molar-refractivity contribution in [3.63, 3.8) is 0 Å². The summed E-state index contributed by atoms with van der Waals surface area (Å²) in [6, 6.07) is 2.86. The Morgan fingerprint density at radius 3 is 2.68 bits per heavy atom. The molecule has 1 heterocycles. The van der Waals surface area contributed by atoms with Crippen LogP contribution in [0.2, 0.25) is 0 Å².